The summed E-state index contributed by atoms with van der Waals surface area (Å²) in [5.74, 6) is 0.887. The normalized spacial score (nSPS) is 21.0. The van der Waals surface area contributed by atoms with Crippen molar-refractivity contribution in [2.45, 2.75) is 45.2 Å². The zero-order valence-corrected chi connectivity index (χ0v) is 14.6. The number of hydrogen-bond acceptors (Lipinski definition) is 3. The summed E-state index contributed by atoms with van der Waals surface area (Å²) in [5, 5.41) is 7.45. The van der Waals surface area contributed by atoms with Crippen LogP contribution in [-0.2, 0) is 18.4 Å². The Morgan fingerprint density at radius 2 is 1.96 bits per heavy atom. The zero-order chi connectivity index (χ0) is 17.6. The molecule has 25 heavy (non-hydrogen) atoms. The second-order valence-electron chi connectivity index (χ2n) is 7.06. The maximum absolute atomic E-state index is 12.7. The quantitative estimate of drug-likeness (QED) is 0.788. The molecular weight excluding hydrogens is 318 g/mol. The number of amides is 1. The van der Waals surface area contributed by atoms with Gasteiger partial charge in [0.2, 0.25) is 11.7 Å². The first-order valence-electron chi connectivity index (χ1n) is 8.88. The molecule has 0 spiro atoms. The number of imidazole rings is 1. The van der Waals surface area contributed by atoms with E-state index in [1.165, 1.54) is 11.1 Å². The van der Waals surface area contributed by atoms with Crippen LogP contribution in [0.2, 0.25) is 0 Å². The van der Waals surface area contributed by atoms with Gasteiger partial charge in [0.05, 0.1) is 11.0 Å². The standard InChI is InChI=1S/C18H23N5O2/c1-12-7-3-4-8-13(12)19-16(24)11-22-18(25)23-15-10-6-5-9-14(15)21(2)17(23)20-22/h5-6,9-10,12-13H,3-4,7-8,11H2,1-2H3,(H,19,24)/t12-,13-/m1/s1. The van der Waals surface area contributed by atoms with Gasteiger partial charge in [-0.25, -0.2) is 13.9 Å². The molecule has 3 aromatic rings. The van der Waals surface area contributed by atoms with Crippen molar-refractivity contribution < 1.29 is 4.79 Å². The lowest BCUT2D eigenvalue weighted by Gasteiger charge is -2.29. The first-order chi connectivity index (χ1) is 12.1. The van der Waals surface area contributed by atoms with E-state index in [1.807, 2.05) is 35.9 Å². The average molecular weight is 341 g/mol. The van der Waals surface area contributed by atoms with Crippen molar-refractivity contribution in [3.05, 3.63) is 34.7 Å². The van der Waals surface area contributed by atoms with Crippen LogP contribution in [0, 0.1) is 5.92 Å². The molecule has 1 amide bonds. The van der Waals surface area contributed by atoms with Crippen molar-refractivity contribution in [1.82, 2.24) is 24.1 Å². The van der Waals surface area contributed by atoms with Gasteiger partial charge < -0.3 is 9.88 Å². The third-order valence-corrected chi connectivity index (χ3v) is 5.36. The summed E-state index contributed by atoms with van der Waals surface area (Å²) in [6.07, 6.45) is 4.53. The number of aryl methyl sites for hydroxylation is 1. The fourth-order valence-corrected chi connectivity index (χ4v) is 3.89. The van der Waals surface area contributed by atoms with Gasteiger partial charge in [0.1, 0.15) is 6.54 Å². The minimum Gasteiger partial charge on any atom is -0.351 e. The number of benzene rings is 1. The summed E-state index contributed by atoms with van der Waals surface area (Å²) < 4.78 is 4.69. The number of nitrogens with one attached hydrogen (secondary N) is 1. The van der Waals surface area contributed by atoms with Gasteiger partial charge in [-0.05, 0) is 30.9 Å². The van der Waals surface area contributed by atoms with E-state index in [-0.39, 0.29) is 24.2 Å². The monoisotopic (exact) mass is 341 g/mol. The van der Waals surface area contributed by atoms with Gasteiger partial charge in [0.25, 0.3) is 0 Å². The van der Waals surface area contributed by atoms with Crippen molar-refractivity contribution in [3.8, 4) is 0 Å². The molecule has 2 heterocycles. The molecule has 7 nitrogen and oxygen atoms in total. The van der Waals surface area contributed by atoms with Crippen LogP contribution in [-0.4, -0.2) is 30.7 Å². The molecule has 1 aliphatic carbocycles. The number of hydrogen-bond donors (Lipinski definition) is 1. The van der Waals surface area contributed by atoms with Gasteiger partial charge in [-0.3, -0.25) is 4.79 Å². The topological polar surface area (TPSA) is 73.3 Å². The lowest BCUT2D eigenvalue weighted by atomic mass is 9.86. The van der Waals surface area contributed by atoms with Crippen molar-refractivity contribution >= 4 is 22.7 Å². The molecule has 2 atom stereocenters. The minimum absolute atomic E-state index is 0.0436. The second kappa shape index (κ2) is 6.06. The van der Waals surface area contributed by atoms with Crippen LogP contribution in [0.1, 0.15) is 32.6 Å². The third kappa shape index (κ3) is 2.63. The molecule has 1 aliphatic rings. The van der Waals surface area contributed by atoms with Crippen LogP contribution in [0.25, 0.3) is 16.8 Å². The number of para-hydroxylation sites is 2. The van der Waals surface area contributed by atoms with Gasteiger partial charge in [0, 0.05) is 13.1 Å². The van der Waals surface area contributed by atoms with E-state index in [1.54, 1.807) is 4.40 Å². The molecule has 132 valence electrons. The largest absolute Gasteiger partial charge is 0.352 e. The second-order valence-corrected chi connectivity index (χ2v) is 7.06. The summed E-state index contributed by atoms with van der Waals surface area (Å²) in [6, 6.07) is 7.86. The molecule has 1 saturated carbocycles. The molecule has 1 aromatic carbocycles. The van der Waals surface area contributed by atoms with E-state index in [4.69, 9.17) is 0 Å². The summed E-state index contributed by atoms with van der Waals surface area (Å²) in [5.41, 5.74) is 1.46. The lowest BCUT2D eigenvalue weighted by Crippen LogP contribution is -2.43. The minimum atomic E-state index is -0.279. The highest BCUT2D eigenvalue weighted by Crippen LogP contribution is 2.23. The molecule has 1 N–H and O–H groups in total. The fourth-order valence-electron chi connectivity index (χ4n) is 3.89. The highest BCUT2D eigenvalue weighted by Gasteiger charge is 2.24. The Labute approximate surface area is 145 Å². The van der Waals surface area contributed by atoms with Crippen LogP contribution < -0.4 is 11.0 Å². The summed E-state index contributed by atoms with van der Waals surface area (Å²) >= 11 is 0. The van der Waals surface area contributed by atoms with Gasteiger partial charge in [-0.2, -0.15) is 0 Å². The van der Waals surface area contributed by atoms with E-state index >= 15 is 0 Å². The number of aromatic nitrogens is 4. The number of rotatable bonds is 3. The highest BCUT2D eigenvalue weighted by molar-refractivity contribution is 5.80. The number of fused-ring (bicyclic) bond motifs is 3. The zero-order valence-electron chi connectivity index (χ0n) is 14.6. The van der Waals surface area contributed by atoms with Crippen molar-refractivity contribution in [2.24, 2.45) is 13.0 Å². The Morgan fingerprint density at radius 3 is 2.72 bits per heavy atom. The van der Waals surface area contributed by atoms with Gasteiger partial charge in [-0.1, -0.05) is 31.9 Å². The summed E-state index contributed by atoms with van der Waals surface area (Å²) in [7, 11) is 1.87. The first kappa shape index (κ1) is 15.9. The van der Waals surface area contributed by atoms with Gasteiger partial charge in [0.15, 0.2) is 0 Å². The molecule has 0 bridgehead atoms. The summed E-state index contributed by atoms with van der Waals surface area (Å²) in [6.45, 7) is 2.13. The number of carbonyl (C=O) groups is 1. The Morgan fingerprint density at radius 1 is 1.24 bits per heavy atom. The van der Waals surface area contributed by atoms with Crippen LogP contribution in [0.3, 0.4) is 0 Å². The Bertz CT molecular complexity index is 996. The predicted molar refractivity (Wildman–Crippen MR) is 95.5 cm³/mol. The number of carbonyl (C=O) groups excluding carboxylic acids is 1. The van der Waals surface area contributed by atoms with E-state index in [9.17, 15) is 9.59 Å². The lowest BCUT2D eigenvalue weighted by molar-refractivity contribution is -0.123. The van der Waals surface area contributed by atoms with Crippen molar-refractivity contribution in [1.29, 1.82) is 0 Å². The van der Waals surface area contributed by atoms with Gasteiger partial charge >= 0.3 is 5.69 Å². The van der Waals surface area contributed by atoms with E-state index in [0.29, 0.717) is 11.7 Å². The van der Waals surface area contributed by atoms with Crippen LogP contribution >= 0.6 is 0 Å². The molecule has 0 radical (unpaired) electrons. The Balaban J connectivity index is 1.62. The molecule has 1 fully saturated rings. The van der Waals surface area contributed by atoms with E-state index in [2.05, 4.69) is 17.3 Å². The smallest absolute Gasteiger partial charge is 0.351 e. The molecular formula is C18H23N5O2. The average Bonchev–Trinajstić information content (AvgIpc) is 3.06. The molecule has 0 aliphatic heterocycles. The molecule has 0 saturated heterocycles. The fraction of sp³-hybridized carbons (Fsp3) is 0.500. The van der Waals surface area contributed by atoms with Crippen molar-refractivity contribution in [3.63, 3.8) is 0 Å². The molecule has 0 unspecified atom stereocenters. The van der Waals surface area contributed by atoms with E-state index in [0.717, 1.165) is 30.3 Å². The van der Waals surface area contributed by atoms with Crippen LogP contribution in [0.5, 0.6) is 0 Å². The Hall–Kier alpha value is -2.57. The van der Waals surface area contributed by atoms with E-state index < -0.39 is 0 Å². The number of nitrogens with zero attached hydrogens (tertiary/aromatic N) is 4. The molecule has 2 aromatic heterocycles. The van der Waals surface area contributed by atoms with Crippen molar-refractivity contribution in [2.75, 3.05) is 0 Å². The molecule has 4 rings (SSSR count). The maximum Gasteiger partial charge on any atom is 0.352 e. The highest BCUT2D eigenvalue weighted by atomic mass is 16.2. The van der Waals surface area contributed by atoms with Crippen LogP contribution in [0.15, 0.2) is 29.1 Å². The predicted octanol–water partition coefficient (Wildman–Crippen LogP) is 1.68. The SMILES string of the molecule is C[C@@H]1CCCC[C@H]1NC(=O)Cn1nc2n(C)c3ccccc3n2c1=O. The third-order valence-electron chi connectivity index (χ3n) is 5.36. The maximum atomic E-state index is 12.7. The van der Waals surface area contributed by atoms with Gasteiger partial charge in [-0.15, -0.1) is 5.10 Å². The molecule has 7 heteroatoms. The first-order valence-corrected chi connectivity index (χ1v) is 8.88. The summed E-state index contributed by atoms with van der Waals surface area (Å²) in [4.78, 5) is 25.1. The van der Waals surface area contributed by atoms with Crippen LogP contribution in [0.4, 0.5) is 0 Å². The Kier molecular flexibility index (Phi) is 3.86.